The van der Waals surface area contributed by atoms with Gasteiger partial charge in [-0.15, -0.1) is 0 Å². The fraction of sp³-hybridized carbons (Fsp3) is 1.00. The molecule has 0 saturated heterocycles. The molecule has 1 nitrogen and oxygen atoms in total. The third-order valence-corrected chi connectivity index (χ3v) is 6.40. The van der Waals surface area contributed by atoms with Crippen LogP contribution in [0.4, 0.5) is 4.39 Å². The molecule has 2 N–H and O–H groups in total. The van der Waals surface area contributed by atoms with Crippen LogP contribution in [0.1, 0.15) is 83.5 Å². The summed E-state index contributed by atoms with van der Waals surface area (Å²) in [6.45, 7) is 0. The van der Waals surface area contributed by atoms with Crippen LogP contribution >= 0.6 is 0 Å². The Morgan fingerprint density at radius 2 is 1.40 bits per heavy atom. The van der Waals surface area contributed by atoms with Gasteiger partial charge in [0.25, 0.3) is 0 Å². The summed E-state index contributed by atoms with van der Waals surface area (Å²) in [6, 6.07) is 0.367. The van der Waals surface area contributed by atoms with Crippen molar-refractivity contribution in [1.82, 2.24) is 0 Å². The van der Waals surface area contributed by atoms with Gasteiger partial charge in [-0.3, -0.25) is 0 Å². The van der Waals surface area contributed by atoms with Crippen molar-refractivity contribution in [3.8, 4) is 0 Å². The Morgan fingerprint density at radius 1 is 0.750 bits per heavy atom. The van der Waals surface area contributed by atoms with Gasteiger partial charge in [-0.2, -0.15) is 0 Å². The van der Waals surface area contributed by atoms with Gasteiger partial charge in [-0.1, -0.05) is 25.7 Å². The number of nitrogens with two attached hydrogens (primary N) is 1. The fourth-order valence-corrected chi connectivity index (χ4v) is 4.81. The molecule has 0 aliphatic heterocycles. The molecule has 0 spiro atoms. The molecule has 3 unspecified atom stereocenters. The lowest BCUT2D eigenvalue weighted by Crippen LogP contribution is -2.34. The van der Waals surface area contributed by atoms with Crippen LogP contribution in [0.2, 0.25) is 0 Å². The highest BCUT2D eigenvalue weighted by molar-refractivity contribution is 4.95. The normalized spacial score (nSPS) is 39.0. The van der Waals surface area contributed by atoms with E-state index in [-0.39, 0.29) is 0 Å². The fourth-order valence-electron chi connectivity index (χ4n) is 4.81. The maximum Gasteiger partial charge on any atom is 0.113 e. The molecule has 3 fully saturated rings. The Morgan fingerprint density at radius 3 is 2.05 bits per heavy atom. The zero-order valence-corrected chi connectivity index (χ0v) is 13.0. The van der Waals surface area contributed by atoms with Crippen molar-refractivity contribution in [3.63, 3.8) is 0 Å². The summed E-state index contributed by atoms with van der Waals surface area (Å²) in [6.07, 6.45) is 15.0. The summed E-state index contributed by atoms with van der Waals surface area (Å²) in [5, 5.41) is 0. The van der Waals surface area contributed by atoms with Crippen molar-refractivity contribution < 1.29 is 4.39 Å². The number of hydrogen-bond donors (Lipinski definition) is 1. The second-order valence-electron chi connectivity index (χ2n) is 7.83. The molecule has 0 aromatic rings. The maximum absolute atomic E-state index is 15.5. The van der Waals surface area contributed by atoms with Crippen LogP contribution in [0.5, 0.6) is 0 Å². The number of rotatable bonds is 3. The molecule has 3 atom stereocenters. The largest absolute Gasteiger partial charge is 0.327 e. The zero-order valence-electron chi connectivity index (χ0n) is 13.0. The highest BCUT2D eigenvalue weighted by Gasteiger charge is 2.42. The van der Waals surface area contributed by atoms with E-state index in [0.717, 1.165) is 44.4 Å². The summed E-state index contributed by atoms with van der Waals surface area (Å²) in [7, 11) is 0. The van der Waals surface area contributed by atoms with E-state index in [9.17, 15) is 0 Å². The predicted molar refractivity (Wildman–Crippen MR) is 82.3 cm³/mol. The number of alkyl halides is 1. The van der Waals surface area contributed by atoms with E-state index in [1.807, 2.05) is 0 Å². The third-order valence-electron chi connectivity index (χ3n) is 6.40. The van der Waals surface area contributed by atoms with Gasteiger partial charge >= 0.3 is 0 Å². The molecule has 2 heteroatoms. The van der Waals surface area contributed by atoms with Gasteiger partial charge in [0.2, 0.25) is 0 Å². The molecular weight excluding hydrogens is 249 g/mol. The van der Waals surface area contributed by atoms with Crippen LogP contribution in [-0.2, 0) is 0 Å². The molecule has 116 valence electrons. The Hall–Kier alpha value is -0.110. The topological polar surface area (TPSA) is 26.0 Å². The number of hydrogen-bond acceptors (Lipinski definition) is 1. The lowest BCUT2D eigenvalue weighted by Gasteiger charge is -2.33. The first-order valence-corrected chi connectivity index (χ1v) is 9.13. The average Bonchev–Trinajstić information content (AvgIpc) is 3.28. The Balaban J connectivity index is 1.59. The molecule has 0 amide bonds. The van der Waals surface area contributed by atoms with Gasteiger partial charge < -0.3 is 5.73 Å². The first kappa shape index (κ1) is 14.8. The second kappa shape index (κ2) is 6.34. The molecule has 0 radical (unpaired) electrons. The molecule has 0 heterocycles. The third kappa shape index (κ3) is 3.37. The first-order valence-electron chi connectivity index (χ1n) is 9.13. The molecule has 0 bridgehead atoms. The summed E-state index contributed by atoms with van der Waals surface area (Å²) >= 11 is 0. The smallest absolute Gasteiger partial charge is 0.113 e. The highest BCUT2D eigenvalue weighted by Crippen LogP contribution is 2.46. The molecule has 3 rings (SSSR count). The predicted octanol–water partition coefficient (Wildman–Crippen LogP) is 4.98. The van der Waals surface area contributed by atoms with Crippen molar-refractivity contribution in [2.75, 3.05) is 0 Å². The standard InChI is InChI=1S/C18H32FN/c19-18(16-7-3-1-2-4-8-16)12-5-6-14(11-13-18)17(20)15-9-10-15/h14-17H,1-13,20H2. The lowest BCUT2D eigenvalue weighted by molar-refractivity contribution is 0.0514. The lowest BCUT2D eigenvalue weighted by atomic mass is 9.78. The Labute approximate surface area is 123 Å². The highest BCUT2D eigenvalue weighted by atomic mass is 19.1. The van der Waals surface area contributed by atoms with Crippen molar-refractivity contribution >= 4 is 0 Å². The molecule has 20 heavy (non-hydrogen) atoms. The van der Waals surface area contributed by atoms with E-state index in [1.54, 1.807) is 0 Å². The van der Waals surface area contributed by atoms with E-state index in [1.165, 1.54) is 44.9 Å². The minimum atomic E-state index is -0.859. The summed E-state index contributed by atoms with van der Waals surface area (Å²) in [5.74, 6) is 1.72. The van der Waals surface area contributed by atoms with Gasteiger partial charge in [-0.25, -0.2) is 4.39 Å². The zero-order chi connectivity index (χ0) is 14.0. The van der Waals surface area contributed by atoms with Gasteiger partial charge in [0.05, 0.1) is 0 Å². The summed E-state index contributed by atoms with van der Waals surface area (Å²) < 4.78 is 15.5. The molecule has 3 aliphatic carbocycles. The van der Waals surface area contributed by atoms with E-state index in [2.05, 4.69) is 0 Å². The second-order valence-corrected chi connectivity index (χ2v) is 7.83. The monoisotopic (exact) mass is 281 g/mol. The Bertz CT molecular complexity index is 307. The van der Waals surface area contributed by atoms with Crippen LogP contribution in [0, 0.1) is 17.8 Å². The number of halogens is 1. The first-order chi connectivity index (χ1) is 9.69. The minimum Gasteiger partial charge on any atom is -0.327 e. The van der Waals surface area contributed by atoms with Gasteiger partial charge in [-0.05, 0) is 75.5 Å². The van der Waals surface area contributed by atoms with E-state index < -0.39 is 5.67 Å². The van der Waals surface area contributed by atoms with Crippen molar-refractivity contribution in [2.45, 2.75) is 95.2 Å². The molecule has 0 aromatic carbocycles. The van der Waals surface area contributed by atoms with Crippen LogP contribution in [-0.4, -0.2) is 11.7 Å². The van der Waals surface area contributed by atoms with E-state index in [4.69, 9.17) is 5.73 Å². The van der Waals surface area contributed by atoms with Crippen molar-refractivity contribution in [2.24, 2.45) is 23.5 Å². The van der Waals surface area contributed by atoms with Crippen LogP contribution in [0.25, 0.3) is 0 Å². The van der Waals surface area contributed by atoms with Gasteiger partial charge in [0.1, 0.15) is 5.67 Å². The molecule has 3 aliphatic rings. The molecular formula is C18H32FN. The van der Waals surface area contributed by atoms with Crippen molar-refractivity contribution in [3.05, 3.63) is 0 Å². The quantitative estimate of drug-likeness (QED) is 0.725. The van der Waals surface area contributed by atoms with Gasteiger partial charge in [0.15, 0.2) is 0 Å². The van der Waals surface area contributed by atoms with E-state index >= 15 is 4.39 Å². The average molecular weight is 281 g/mol. The Kier molecular flexibility index (Phi) is 4.69. The molecule has 3 saturated carbocycles. The van der Waals surface area contributed by atoms with Gasteiger partial charge in [0, 0.05) is 6.04 Å². The van der Waals surface area contributed by atoms with Crippen LogP contribution in [0.3, 0.4) is 0 Å². The summed E-state index contributed by atoms with van der Waals surface area (Å²) in [5.41, 5.74) is 5.53. The van der Waals surface area contributed by atoms with Crippen LogP contribution in [0.15, 0.2) is 0 Å². The maximum atomic E-state index is 15.5. The van der Waals surface area contributed by atoms with Crippen molar-refractivity contribution in [1.29, 1.82) is 0 Å². The van der Waals surface area contributed by atoms with Crippen LogP contribution < -0.4 is 5.73 Å². The van der Waals surface area contributed by atoms with E-state index in [0.29, 0.717) is 17.9 Å². The molecule has 0 aromatic heterocycles. The summed E-state index contributed by atoms with van der Waals surface area (Å²) in [4.78, 5) is 0. The SMILES string of the molecule is NC(C1CC1)C1CCCC(F)(C2CCCCCC2)CC1. The minimum absolute atomic E-state index is 0.348.